The molecule has 2 aromatic carbocycles. The summed E-state index contributed by atoms with van der Waals surface area (Å²) in [5.74, 6) is -0.905. The maximum absolute atomic E-state index is 16.0. The molecule has 0 spiro atoms. The van der Waals surface area contributed by atoms with E-state index in [4.69, 9.17) is 26.1 Å². The van der Waals surface area contributed by atoms with Gasteiger partial charge in [-0.1, -0.05) is 23.7 Å². The molecule has 1 unspecified atom stereocenters. The van der Waals surface area contributed by atoms with Crippen LogP contribution >= 0.6 is 11.6 Å². The Morgan fingerprint density at radius 2 is 1.78 bits per heavy atom. The molecular weight excluding hydrogens is 845 g/mol. The first-order valence-corrected chi connectivity index (χ1v) is 22.3. The summed E-state index contributed by atoms with van der Waals surface area (Å²) in [6, 6.07) is 10.1. The zero-order valence-corrected chi connectivity index (χ0v) is 36.8. The van der Waals surface area contributed by atoms with Gasteiger partial charge in [0, 0.05) is 79.5 Å². The third kappa shape index (κ3) is 8.55. The first kappa shape index (κ1) is 43.3. The van der Waals surface area contributed by atoms with Gasteiger partial charge in [0.25, 0.3) is 17.4 Å². The number of fused-ring (bicyclic) bond motifs is 2. The summed E-state index contributed by atoms with van der Waals surface area (Å²) >= 11 is 6.59. The van der Waals surface area contributed by atoms with Gasteiger partial charge in [-0.15, -0.1) is 0 Å². The summed E-state index contributed by atoms with van der Waals surface area (Å²) < 4.78 is 29.8. The molecule has 1 saturated carbocycles. The molecule has 0 bridgehead atoms. The van der Waals surface area contributed by atoms with Gasteiger partial charge in [-0.2, -0.15) is 4.98 Å². The predicted molar refractivity (Wildman–Crippen MR) is 238 cm³/mol. The Morgan fingerprint density at radius 3 is 2.50 bits per heavy atom. The molecule has 18 heteroatoms. The van der Waals surface area contributed by atoms with Crippen LogP contribution in [-0.4, -0.2) is 112 Å². The smallest absolute Gasteiger partial charge is 0.293 e. The summed E-state index contributed by atoms with van der Waals surface area (Å²) in [5.41, 5.74) is 3.12. The molecule has 4 aliphatic heterocycles. The normalized spacial score (nSPS) is 21.8. The molecule has 336 valence electrons. The minimum absolute atomic E-state index is 0.0107. The number of nitrogens with zero attached hydrogens (tertiary/aromatic N) is 6. The number of nitrogens with one attached hydrogen (secondary N) is 3. The number of ether oxygens (including phenoxy) is 2. The minimum Gasteiger partial charge on any atom is -0.478 e. The van der Waals surface area contributed by atoms with E-state index in [0.29, 0.717) is 52.6 Å². The van der Waals surface area contributed by atoms with Gasteiger partial charge >= 0.3 is 0 Å². The van der Waals surface area contributed by atoms with Crippen LogP contribution in [0.15, 0.2) is 53.5 Å². The summed E-state index contributed by atoms with van der Waals surface area (Å²) in [6.45, 7) is 6.53. The number of piperidine rings is 2. The molecule has 6 heterocycles. The van der Waals surface area contributed by atoms with Crippen molar-refractivity contribution in [3.63, 3.8) is 0 Å². The lowest BCUT2D eigenvalue weighted by atomic mass is 9.85. The summed E-state index contributed by atoms with van der Waals surface area (Å²) in [6.07, 6.45) is 8.62. The second kappa shape index (κ2) is 17.9. The van der Waals surface area contributed by atoms with Crippen molar-refractivity contribution >= 4 is 69.2 Å². The maximum atomic E-state index is 16.0. The number of benzene rings is 2. The van der Waals surface area contributed by atoms with Crippen molar-refractivity contribution in [2.24, 2.45) is 0 Å². The lowest BCUT2D eigenvalue weighted by molar-refractivity contribution is -0.137. The molecule has 1 aliphatic carbocycles. The number of imide groups is 1. The Balaban J connectivity index is 0.760. The van der Waals surface area contributed by atoms with E-state index in [9.17, 15) is 24.0 Å². The van der Waals surface area contributed by atoms with Crippen LogP contribution in [0.3, 0.4) is 0 Å². The second-order valence-corrected chi connectivity index (χ2v) is 17.8. The fourth-order valence-electron chi connectivity index (χ4n) is 9.49. The summed E-state index contributed by atoms with van der Waals surface area (Å²) in [4.78, 5) is 77.6. The van der Waals surface area contributed by atoms with Crippen LogP contribution in [0.5, 0.6) is 5.75 Å². The Kier molecular flexibility index (Phi) is 12.1. The lowest BCUT2D eigenvalue weighted by Crippen LogP contribution is -2.52. The van der Waals surface area contributed by atoms with Gasteiger partial charge in [-0.3, -0.25) is 34.2 Å². The Morgan fingerprint density at radius 1 is 1.00 bits per heavy atom. The zero-order chi connectivity index (χ0) is 44.8. The Labute approximate surface area is 374 Å². The number of aromatic nitrogens is 3. The van der Waals surface area contributed by atoms with E-state index >= 15 is 4.39 Å². The minimum atomic E-state index is -0.784. The lowest BCUT2D eigenvalue weighted by Gasteiger charge is -2.45. The number of anilines is 3. The van der Waals surface area contributed by atoms with Crippen LogP contribution in [0.4, 0.5) is 21.8 Å². The first-order valence-electron chi connectivity index (χ1n) is 22.0. The van der Waals surface area contributed by atoms with Crippen molar-refractivity contribution in [2.75, 3.05) is 50.1 Å². The summed E-state index contributed by atoms with van der Waals surface area (Å²) in [7, 11) is 1.51. The van der Waals surface area contributed by atoms with Crippen molar-refractivity contribution in [1.82, 2.24) is 35.0 Å². The number of carbonyl (C=O) groups is 4. The van der Waals surface area contributed by atoms with E-state index in [0.717, 1.165) is 61.8 Å². The number of halogens is 2. The molecule has 16 nitrogen and oxygen atoms in total. The molecule has 1 atom stereocenters. The van der Waals surface area contributed by atoms with Crippen LogP contribution in [0.2, 0.25) is 5.02 Å². The Hall–Kier alpha value is -5.91. The molecule has 5 aliphatic rings. The monoisotopic (exact) mass is 895 g/mol. The summed E-state index contributed by atoms with van der Waals surface area (Å²) in [5, 5.41) is 9.21. The number of hydrogen-bond donors (Lipinski definition) is 3. The molecule has 0 radical (unpaired) electrons. The van der Waals surface area contributed by atoms with E-state index in [-0.39, 0.29) is 78.8 Å². The number of amides is 4. The largest absolute Gasteiger partial charge is 0.478 e. The van der Waals surface area contributed by atoms with Gasteiger partial charge in [0.15, 0.2) is 18.2 Å². The van der Waals surface area contributed by atoms with E-state index in [1.165, 1.54) is 11.9 Å². The first-order chi connectivity index (χ1) is 30.8. The van der Waals surface area contributed by atoms with Crippen LogP contribution in [-0.2, 0) is 25.7 Å². The van der Waals surface area contributed by atoms with Crippen LogP contribution < -0.4 is 31.1 Å². The van der Waals surface area contributed by atoms with E-state index in [2.05, 4.69) is 36.8 Å². The van der Waals surface area contributed by atoms with Gasteiger partial charge in [0.05, 0.1) is 30.5 Å². The van der Waals surface area contributed by atoms with Gasteiger partial charge in [-0.25, -0.2) is 9.37 Å². The molecule has 4 aromatic rings. The van der Waals surface area contributed by atoms with E-state index in [1.807, 2.05) is 32.0 Å². The molecule has 4 amide bonds. The van der Waals surface area contributed by atoms with Crippen LogP contribution in [0, 0.1) is 5.82 Å². The average Bonchev–Trinajstić information content (AvgIpc) is 3.61. The fraction of sp³-hybridized carbons (Fsp3) is 0.457. The SMILES string of the molecule is CNC(=O)COc1cc2cc(Nc3nc(N4CCC(OC5CC(N6CC=C(c7ccc8c(c7F)CN(C7CCC(=O)NC7=O)C8=O)CC6)C5)CC4)ncc3Cl)ccc2n(C(C)C)c1=O. The van der Waals surface area contributed by atoms with E-state index in [1.54, 1.807) is 29.0 Å². The van der Waals surface area contributed by atoms with Crippen molar-refractivity contribution < 1.29 is 33.0 Å². The fourth-order valence-corrected chi connectivity index (χ4v) is 9.63. The zero-order valence-electron chi connectivity index (χ0n) is 36.0. The highest BCUT2D eigenvalue weighted by Gasteiger charge is 2.41. The molecule has 2 aromatic heterocycles. The number of pyridine rings is 1. The number of carbonyl (C=O) groups excluding carboxylic acids is 4. The topological polar surface area (TPSA) is 180 Å². The molecule has 3 fully saturated rings. The maximum Gasteiger partial charge on any atom is 0.293 e. The quantitative estimate of drug-likeness (QED) is 0.161. The van der Waals surface area contributed by atoms with E-state index < -0.39 is 17.8 Å². The molecule has 3 N–H and O–H groups in total. The highest BCUT2D eigenvalue weighted by molar-refractivity contribution is 6.33. The van der Waals surface area contributed by atoms with Crippen molar-refractivity contribution in [1.29, 1.82) is 0 Å². The predicted octanol–water partition coefficient (Wildman–Crippen LogP) is 5.10. The molecule has 2 saturated heterocycles. The van der Waals surface area contributed by atoms with Gasteiger partial charge in [-0.05, 0) is 88.3 Å². The number of rotatable bonds is 12. The number of hydrogen-bond acceptors (Lipinski definition) is 12. The highest BCUT2D eigenvalue weighted by Crippen LogP contribution is 2.38. The van der Waals surface area contributed by atoms with Crippen LogP contribution in [0.1, 0.15) is 86.3 Å². The molecule has 64 heavy (non-hydrogen) atoms. The van der Waals surface area contributed by atoms with Crippen molar-refractivity contribution in [3.8, 4) is 5.75 Å². The molecule has 9 rings (SSSR count). The highest BCUT2D eigenvalue weighted by atomic mass is 35.5. The van der Waals surface area contributed by atoms with Crippen molar-refractivity contribution in [3.05, 3.63) is 86.6 Å². The van der Waals surface area contributed by atoms with Gasteiger partial charge in [0.1, 0.15) is 16.9 Å². The third-order valence-electron chi connectivity index (χ3n) is 13.1. The van der Waals surface area contributed by atoms with Gasteiger partial charge in [0.2, 0.25) is 17.8 Å². The van der Waals surface area contributed by atoms with Crippen molar-refractivity contribution in [2.45, 2.75) is 95.7 Å². The Bertz CT molecular complexity index is 2620. The second-order valence-electron chi connectivity index (χ2n) is 17.4. The standard InChI is InChI=1S/C46H51ClFN9O7/c1-25(2)57-36-7-4-28(18-27(36)19-38(45(57)62)63-24-40(59)49-3)51-42-35(47)22-50-46(53-42)55-16-12-30(13-17-55)64-31-20-29(21-31)54-14-10-26(11-15-54)32-5-6-33-34(41(32)48)23-56(44(33)61)37-8-9-39(58)52-43(37)60/h4-7,10,18-19,22,25,29-31,37H,8-9,11-17,20-21,23-24H2,1-3H3,(H,49,59)(H,50,51,53)(H,52,58,60). The van der Waals surface area contributed by atoms with Crippen LogP contribution in [0.25, 0.3) is 16.5 Å². The molecular formula is C46H51ClFN9O7. The average molecular weight is 896 g/mol. The van der Waals surface area contributed by atoms with Gasteiger partial charge < -0.3 is 34.5 Å². The third-order valence-corrected chi connectivity index (χ3v) is 13.4. The number of likely N-dealkylation sites (N-methyl/N-ethyl adjacent to an activating group) is 1.